The zero-order chi connectivity index (χ0) is 16.3. The van der Waals surface area contributed by atoms with Crippen molar-refractivity contribution in [2.75, 3.05) is 25.4 Å². The molecule has 0 aromatic heterocycles. The number of sulfone groups is 1. The van der Waals surface area contributed by atoms with Gasteiger partial charge in [0.1, 0.15) is 0 Å². The summed E-state index contributed by atoms with van der Waals surface area (Å²) in [5, 5.41) is 3.38. The van der Waals surface area contributed by atoms with Crippen molar-refractivity contribution < 1.29 is 8.42 Å². The summed E-state index contributed by atoms with van der Waals surface area (Å²) in [4.78, 5) is 2.40. The molecule has 0 amide bonds. The van der Waals surface area contributed by atoms with E-state index in [9.17, 15) is 8.42 Å². The zero-order valence-corrected chi connectivity index (χ0v) is 15.5. The topological polar surface area (TPSA) is 49.4 Å². The van der Waals surface area contributed by atoms with Gasteiger partial charge in [0.25, 0.3) is 0 Å². The number of nitrogens with one attached hydrogen (secondary N) is 1. The molecule has 1 saturated heterocycles. The van der Waals surface area contributed by atoms with Gasteiger partial charge in [-0.3, -0.25) is 4.90 Å². The van der Waals surface area contributed by atoms with Crippen molar-refractivity contribution in [3.63, 3.8) is 0 Å². The van der Waals surface area contributed by atoms with Crippen molar-refractivity contribution in [1.29, 1.82) is 0 Å². The lowest BCUT2D eigenvalue weighted by Crippen LogP contribution is -2.63. The maximum atomic E-state index is 12.1. The Bertz CT molecular complexity index is 420. The Labute approximate surface area is 131 Å². The minimum Gasteiger partial charge on any atom is -0.309 e. The second-order valence-electron chi connectivity index (χ2n) is 7.46. The van der Waals surface area contributed by atoms with Crippen LogP contribution in [0.2, 0.25) is 0 Å². The van der Waals surface area contributed by atoms with E-state index in [2.05, 4.69) is 37.9 Å². The molecule has 0 bridgehead atoms. The van der Waals surface area contributed by atoms with Crippen molar-refractivity contribution in [1.82, 2.24) is 10.2 Å². The minimum absolute atomic E-state index is 0.106. The van der Waals surface area contributed by atoms with E-state index in [0.717, 1.165) is 25.9 Å². The van der Waals surface area contributed by atoms with E-state index in [0.29, 0.717) is 18.5 Å². The van der Waals surface area contributed by atoms with Crippen LogP contribution in [0.25, 0.3) is 0 Å². The first-order chi connectivity index (χ1) is 9.59. The Balaban J connectivity index is 2.75. The quantitative estimate of drug-likeness (QED) is 0.782. The number of hydrogen-bond donors (Lipinski definition) is 1. The normalized spacial score (nSPS) is 28.5. The first kappa shape index (κ1) is 18.9. The van der Waals surface area contributed by atoms with E-state index >= 15 is 0 Å². The molecule has 5 heteroatoms. The molecule has 1 aliphatic rings. The molecular weight excluding hydrogens is 284 g/mol. The molecule has 0 aromatic carbocycles. The first-order valence-corrected chi connectivity index (χ1v) is 10.0. The molecule has 0 radical (unpaired) electrons. The molecule has 0 aromatic rings. The molecule has 2 unspecified atom stereocenters. The van der Waals surface area contributed by atoms with Crippen molar-refractivity contribution in [2.24, 2.45) is 5.92 Å². The largest absolute Gasteiger partial charge is 0.309 e. The Kier molecular flexibility index (Phi) is 6.69. The highest BCUT2D eigenvalue weighted by atomic mass is 32.2. The third-order valence-electron chi connectivity index (χ3n) is 4.74. The van der Waals surface area contributed by atoms with Crippen molar-refractivity contribution >= 4 is 9.84 Å². The van der Waals surface area contributed by atoms with Gasteiger partial charge < -0.3 is 5.32 Å². The van der Waals surface area contributed by atoms with Crippen LogP contribution < -0.4 is 5.32 Å². The van der Waals surface area contributed by atoms with Crippen LogP contribution in [0, 0.1) is 5.92 Å². The second kappa shape index (κ2) is 7.42. The van der Waals surface area contributed by atoms with Crippen LogP contribution in [-0.2, 0) is 9.84 Å². The van der Waals surface area contributed by atoms with Gasteiger partial charge in [0.15, 0.2) is 9.84 Å². The number of rotatable bonds is 7. The SMILES string of the molecule is CCC1(C)CN(CCS(=O)(=O)C(C)C)C(CC(C)C)CN1. The summed E-state index contributed by atoms with van der Waals surface area (Å²) in [6.45, 7) is 15.0. The average Bonchev–Trinajstić information content (AvgIpc) is 2.38. The molecule has 2 atom stereocenters. The van der Waals surface area contributed by atoms with E-state index in [1.54, 1.807) is 13.8 Å². The second-order valence-corrected chi connectivity index (χ2v) is 10.1. The van der Waals surface area contributed by atoms with Crippen LogP contribution in [0.5, 0.6) is 0 Å². The molecule has 1 fully saturated rings. The predicted molar refractivity (Wildman–Crippen MR) is 90.4 cm³/mol. The maximum Gasteiger partial charge on any atom is 0.153 e. The Morgan fingerprint density at radius 3 is 2.38 bits per heavy atom. The van der Waals surface area contributed by atoms with Gasteiger partial charge in [0.05, 0.1) is 11.0 Å². The number of hydrogen-bond acceptors (Lipinski definition) is 4. The smallest absolute Gasteiger partial charge is 0.153 e. The maximum absolute atomic E-state index is 12.1. The lowest BCUT2D eigenvalue weighted by Gasteiger charge is -2.46. The average molecular weight is 319 g/mol. The molecule has 1 heterocycles. The summed E-state index contributed by atoms with van der Waals surface area (Å²) in [5.74, 6) is 0.908. The number of nitrogens with zero attached hydrogens (tertiary/aromatic N) is 1. The van der Waals surface area contributed by atoms with E-state index in [-0.39, 0.29) is 16.5 Å². The summed E-state index contributed by atoms with van der Waals surface area (Å²) in [7, 11) is -2.96. The summed E-state index contributed by atoms with van der Waals surface area (Å²) >= 11 is 0. The van der Waals surface area contributed by atoms with E-state index in [4.69, 9.17) is 0 Å². The third-order valence-corrected chi connectivity index (χ3v) is 6.93. The fraction of sp³-hybridized carbons (Fsp3) is 1.00. The molecular formula is C16H34N2O2S. The van der Waals surface area contributed by atoms with Crippen LogP contribution >= 0.6 is 0 Å². The van der Waals surface area contributed by atoms with Crippen LogP contribution in [0.4, 0.5) is 0 Å². The third kappa shape index (κ3) is 5.53. The van der Waals surface area contributed by atoms with Gasteiger partial charge in [-0.15, -0.1) is 0 Å². The standard InChI is InChI=1S/C16H34N2O2S/c1-7-16(6)12-18(8-9-21(19,20)14(4)5)15(11-17-16)10-13(2)3/h13-15,17H,7-12H2,1-6H3. The van der Waals surface area contributed by atoms with Gasteiger partial charge >= 0.3 is 0 Å². The Morgan fingerprint density at radius 2 is 1.90 bits per heavy atom. The van der Waals surface area contributed by atoms with Gasteiger partial charge in [-0.2, -0.15) is 0 Å². The molecule has 21 heavy (non-hydrogen) atoms. The van der Waals surface area contributed by atoms with E-state index in [1.807, 2.05) is 0 Å². The fourth-order valence-corrected chi connectivity index (χ4v) is 3.84. The molecule has 1 N–H and O–H groups in total. The monoisotopic (exact) mass is 318 g/mol. The lowest BCUT2D eigenvalue weighted by molar-refractivity contribution is 0.0785. The molecule has 126 valence electrons. The van der Waals surface area contributed by atoms with Gasteiger partial charge in [0.2, 0.25) is 0 Å². The van der Waals surface area contributed by atoms with E-state index in [1.165, 1.54) is 0 Å². The van der Waals surface area contributed by atoms with Gasteiger partial charge in [-0.05, 0) is 39.5 Å². The van der Waals surface area contributed by atoms with Gasteiger partial charge in [0, 0.05) is 31.2 Å². The first-order valence-electron chi connectivity index (χ1n) is 8.30. The summed E-state index contributed by atoms with van der Waals surface area (Å²) in [5.41, 5.74) is 0.106. The summed E-state index contributed by atoms with van der Waals surface area (Å²) in [6.07, 6.45) is 2.18. The molecule has 0 spiro atoms. The summed E-state index contributed by atoms with van der Waals surface area (Å²) in [6, 6.07) is 0.451. The predicted octanol–water partition coefficient (Wildman–Crippen LogP) is 2.30. The van der Waals surface area contributed by atoms with E-state index < -0.39 is 9.84 Å². The molecule has 0 saturated carbocycles. The van der Waals surface area contributed by atoms with Crippen LogP contribution in [0.15, 0.2) is 0 Å². The van der Waals surface area contributed by atoms with Crippen LogP contribution in [-0.4, -0.2) is 55.5 Å². The van der Waals surface area contributed by atoms with Crippen molar-refractivity contribution in [3.8, 4) is 0 Å². The van der Waals surface area contributed by atoms with Gasteiger partial charge in [-0.1, -0.05) is 20.8 Å². The zero-order valence-electron chi connectivity index (χ0n) is 14.6. The Hall–Kier alpha value is -0.130. The van der Waals surface area contributed by atoms with Crippen LogP contribution in [0.3, 0.4) is 0 Å². The fourth-order valence-electron chi connectivity index (χ4n) is 2.88. The molecule has 4 nitrogen and oxygen atoms in total. The molecule has 1 rings (SSSR count). The minimum atomic E-state index is -2.96. The lowest BCUT2D eigenvalue weighted by atomic mass is 9.91. The van der Waals surface area contributed by atoms with Crippen molar-refractivity contribution in [3.05, 3.63) is 0 Å². The number of piperazine rings is 1. The summed E-state index contributed by atoms with van der Waals surface area (Å²) < 4.78 is 24.2. The van der Waals surface area contributed by atoms with Crippen molar-refractivity contribution in [2.45, 2.75) is 71.2 Å². The Morgan fingerprint density at radius 1 is 1.29 bits per heavy atom. The molecule has 0 aliphatic carbocycles. The highest BCUT2D eigenvalue weighted by Gasteiger charge is 2.35. The van der Waals surface area contributed by atoms with Gasteiger partial charge in [-0.25, -0.2) is 8.42 Å². The molecule has 1 aliphatic heterocycles. The van der Waals surface area contributed by atoms with Crippen LogP contribution in [0.1, 0.15) is 54.4 Å². The highest BCUT2D eigenvalue weighted by Crippen LogP contribution is 2.22. The highest BCUT2D eigenvalue weighted by molar-refractivity contribution is 7.92.